The van der Waals surface area contributed by atoms with E-state index < -0.39 is 11.4 Å². The number of nitrogens with zero attached hydrogens (tertiary/aromatic N) is 1. The maximum absolute atomic E-state index is 11.5. The number of carbonyl (C=O) groups is 1. The number of esters is 1. The van der Waals surface area contributed by atoms with Crippen LogP contribution in [0.5, 0.6) is 0 Å². The number of hydrogen-bond acceptors (Lipinski definition) is 3. The first-order valence-electron chi connectivity index (χ1n) is 4.78. The summed E-state index contributed by atoms with van der Waals surface area (Å²) in [7, 11) is 0. The average molecular weight is 199 g/mol. The third kappa shape index (κ3) is 3.00. The van der Waals surface area contributed by atoms with Gasteiger partial charge in [0.2, 0.25) is 6.54 Å². The Morgan fingerprint density at radius 2 is 2.21 bits per heavy atom. The molecule has 0 aromatic carbocycles. The van der Waals surface area contributed by atoms with E-state index in [1.54, 1.807) is 6.92 Å². The van der Waals surface area contributed by atoms with Crippen molar-refractivity contribution >= 4 is 5.97 Å². The molecule has 1 unspecified atom stereocenters. The molecule has 1 atom stereocenters. The molecule has 4 heteroatoms. The molecule has 0 spiro atoms. The van der Waals surface area contributed by atoms with Gasteiger partial charge in [-0.1, -0.05) is 6.92 Å². The highest BCUT2D eigenvalue weighted by molar-refractivity contribution is 5.77. The van der Waals surface area contributed by atoms with E-state index in [0.717, 1.165) is 0 Å². The molecule has 0 saturated carbocycles. The lowest BCUT2D eigenvalue weighted by atomic mass is 9.82. The number of carbonyl (C=O) groups excluding carboxylic acids is 1. The van der Waals surface area contributed by atoms with Crippen molar-refractivity contribution in [3.63, 3.8) is 0 Å². The third-order valence-electron chi connectivity index (χ3n) is 2.39. The Labute approximate surface area is 84.7 Å². The monoisotopic (exact) mass is 199 g/mol. The van der Waals surface area contributed by atoms with Crippen molar-refractivity contribution in [2.45, 2.75) is 26.7 Å². The van der Waals surface area contributed by atoms with Gasteiger partial charge in [0.1, 0.15) is 0 Å². The topological polar surface area (TPSA) is 50.9 Å². The molecule has 0 bridgehead atoms. The van der Waals surface area contributed by atoms with E-state index in [1.165, 1.54) is 0 Å². The van der Waals surface area contributed by atoms with E-state index in [9.17, 15) is 9.90 Å². The summed E-state index contributed by atoms with van der Waals surface area (Å²) >= 11 is 0. The van der Waals surface area contributed by atoms with Gasteiger partial charge in [0.05, 0.1) is 18.6 Å². The molecule has 0 aromatic rings. The summed E-state index contributed by atoms with van der Waals surface area (Å²) in [6.07, 6.45) is 0.861. The zero-order chi connectivity index (χ0) is 11.0. The van der Waals surface area contributed by atoms with Gasteiger partial charge in [0.15, 0.2) is 0 Å². The minimum absolute atomic E-state index is 0.243. The molecule has 1 N–H and O–H groups in total. The number of hydrogen-bond donors (Lipinski definition) is 1. The van der Waals surface area contributed by atoms with Gasteiger partial charge in [-0.05, 0) is 13.3 Å². The van der Waals surface area contributed by atoms with E-state index in [4.69, 9.17) is 11.3 Å². The maximum Gasteiger partial charge on any atom is 0.314 e. The number of aliphatic hydroxyl groups excluding tert-OH is 1. The van der Waals surface area contributed by atoms with E-state index in [0.29, 0.717) is 19.4 Å². The minimum atomic E-state index is -0.874. The lowest BCUT2D eigenvalue weighted by Gasteiger charge is -2.25. The summed E-state index contributed by atoms with van der Waals surface area (Å²) in [6.45, 7) is 10.5. The molecule has 0 fully saturated rings. The second-order valence-corrected chi connectivity index (χ2v) is 3.14. The third-order valence-corrected chi connectivity index (χ3v) is 2.39. The van der Waals surface area contributed by atoms with Crippen molar-refractivity contribution in [3.8, 4) is 0 Å². The van der Waals surface area contributed by atoms with Crippen LogP contribution in [0, 0.1) is 12.0 Å². The molecule has 0 aliphatic rings. The van der Waals surface area contributed by atoms with Gasteiger partial charge >= 0.3 is 5.97 Å². The Kier molecular flexibility index (Phi) is 5.89. The first kappa shape index (κ1) is 12.9. The average Bonchev–Trinajstić information content (AvgIpc) is 2.21. The normalized spacial score (nSPS) is 14.1. The van der Waals surface area contributed by atoms with Gasteiger partial charge in [0.25, 0.3) is 0 Å². The summed E-state index contributed by atoms with van der Waals surface area (Å²) in [5.41, 5.74) is -0.874. The van der Waals surface area contributed by atoms with Gasteiger partial charge in [-0.3, -0.25) is 4.79 Å². The maximum atomic E-state index is 11.5. The fourth-order valence-corrected chi connectivity index (χ4v) is 1.23. The van der Waals surface area contributed by atoms with Gasteiger partial charge in [-0.15, -0.1) is 0 Å². The largest absolute Gasteiger partial charge is 0.465 e. The van der Waals surface area contributed by atoms with Crippen LogP contribution in [0.15, 0.2) is 0 Å². The van der Waals surface area contributed by atoms with Crippen molar-refractivity contribution in [3.05, 3.63) is 11.4 Å². The second kappa shape index (κ2) is 6.39. The van der Waals surface area contributed by atoms with Crippen LogP contribution in [0.4, 0.5) is 0 Å². The zero-order valence-electron chi connectivity index (χ0n) is 8.75. The van der Waals surface area contributed by atoms with E-state index in [2.05, 4.69) is 4.85 Å². The van der Waals surface area contributed by atoms with Crippen LogP contribution >= 0.6 is 0 Å². The summed E-state index contributed by atoms with van der Waals surface area (Å²) in [5, 5.41) is 9.20. The standard InChI is InChI=1S/C10H17NO3/c1-4-10(8-12,6-7-11-3)9(13)14-5-2/h12H,4-8H2,1-2H3. The van der Waals surface area contributed by atoms with Gasteiger partial charge < -0.3 is 14.7 Å². The predicted molar refractivity (Wildman–Crippen MR) is 52.5 cm³/mol. The van der Waals surface area contributed by atoms with Crippen molar-refractivity contribution in [2.75, 3.05) is 19.8 Å². The quantitative estimate of drug-likeness (QED) is 0.517. The molecule has 0 rings (SSSR count). The molecular weight excluding hydrogens is 182 g/mol. The van der Waals surface area contributed by atoms with Crippen LogP contribution in [-0.2, 0) is 9.53 Å². The molecule has 0 aromatic heterocycles. The van der Waals surface area contributed by atoms with Crippen LogP contribution in [0.1, 0.15) is 26.7 Å². The summed E-state index contributed by atoms with van der Waals surface area (Å²) in [5.74, 6) is -0.395. The highest BCUT2D eigenvalue weighted by Crippen LogP contribution is 2.27. The van der Waals surface area contributed by atoms with E-state index in [1.807, 2.05) is 6.92 Å². The van der Waals surface area contributed by atoms with Crippen molar-refractivity contribution in [1.29, 1.82) is 0 Å². The second-order valence-electron chi connectivity index (χ2n) is 3.14. The summed E-state index contributed by atoms with van der Waals surface area (Å²) in [4.78, 5) is 14.7. The molecule has 80 valence electrons. The van der Waals surface area contributed by atoms with Crippen molar-refractivity contribution in [2.24, 2.45) is 5.41 Å². The Morgan fingerprint density at radius 1 is 1.57 bits per heavy atom. The van der Waals surface area contributed by atoms with Gasteiger partial charge in [0, 0.05) is 6.42 Å². The van der Waals surface area contributed by atoms with Crippen molar-refractivity contribution in [1.82, 2.24) is 0 Å². The smallest absolute Gasteiger partial charge is 0.314 e. The lowest BCUT2D eigenvalue weighted by molar-refractivity contribution is -0.158. The fraction of sp³-hybridized carbons (Fsp3) is 0.800. The van der Waals surface area contributed by atoms with Crippen LogP contribution in [-0.4, -0.2) is 30.8 Å². The van der Waals surface area contributed by atoms with Crippen LogP contribution < -0.4 is 0 Å². The molecule has 0 heterocycles. The molecule has 0 saturated heterocycles. The molecule has 0 radical (unpaired) electrons. The Morgan fingerprint density at radius 3 is 2.57 bits per heavy atom. The van der Waals surface area contributed by atoms with E-state index >= 15 is 0 Å². The molecule has 14 heavy (non-hydrogen) atoms. The van der Waals surface area contributed by atoms with E-state index in [-0.39, 0.29) is 13.2 Å². The Balaban J connectivity index is 4.52. The number of rotatable bonds is 6. The Hall–Kier alpha value is -1.08. The highest BCUT2D eigenvalue weighted by Gasteiger charge is 2.38. The minimum Gasteiger partial charge on any atom is -0.465 e. The van der Waals surface area contributed by atoms with Crippen LogP contribution in [0.25, 0.3) is 4.85 Å². The molecule has 0 aliphatic heterocycles. The number of aliphatic hydroxyl groups is 1. The summed E-state index contributed by atoms with van der Waals surface area (Å²) < 4.78 is 4.88. The SMILES string of the molecule is [C-]#[N+]CCC(CC)(CO)C(=O)OCC. The van der Waals surface area contributed by atoms with Crippen molar-refractivity contribution < 1.29 is 14.6 Å². The molecular formula is C10H17NO3. The van der Waals surface area contributed by atoms with Crippen LogP contribution in [0.3, 0.4) is 0 Å². The van der Waals surface area contributed by atoms with Gasteiger partial charge in [-0.2, -0.15) is 0 Å². The predicted octanol–water partition coefficient (Wildman–Crippen LogP) is 1.25. The first-order chi connectivity index (χ1) is 6.66. The summed E-state index contributed by atoms with van der Waals surface area (Å²) in [6, 6.07) is 0. The first-order valence-corrected chi connectivity index (χ1v) is 4.78. The Bertz CT molecular complexity index is 216. The van der Waals surface area contributed by atoms with Gasteiger partial charge in [-0.25, -0.2) is 6.57 Å². The fourth-order valence-electron chi connectivity index (χ4n) is 1.23. The molecule has 0 amide bonds. The van der Waals surface area contributed by atoms with Crippen LogP contribution in [0.2, 0.25) is 0 Å². The highest BCUT2D eigenvalue weighted by atomic mass is 16.5. The number of ether oxygens (including phenoxy) is 1. The molecule has 0 aliphatic carbocycles. The molecule has 4 nitrogen and oxygen atoms in total. The lowest BCUT2D eigenvalue weighted by Crippen LogP contribution is -2.36. The zero-order valence-corrected chi connectivity index (χ0v) is 8.75.